The van der Waals surface area contributed by atoms with Crippen LogP contribution >= 0.6 is 0 Å². The van der Waals surface area contributed by atoms with E-state index in [0.717, 1.165) is 72.0 Å². The largest absolute Gasteiger partial charge is 0.450 e. The predicted molar refractivity (Wildman–Crippen MR) is 248 cm³/mol. The minimum absolute atomic E-state index is 0.0497. The summed E-state index contributed by atoms with van der Waals surface area (Å²) in [6, 6.07) is 58.9. The zero-order chi connectivity index (χ0) is 40.8. The van der Waals surface area contributed by atoms with Gasteiger partial charge in [0, 0.05) is 40.4 Å². The van der Waals surface area contributed by atoms with Crippen molar-refractivity contribution in [1.82, 2.24) is 0 Å². The van der Waals surface area contributed by atoms with Crippen LogP contribution < -0.4 is 40.1 Å². The Morgan fingerprint density at radius 3 is 1.70 bits per heavy atom. The lowest BCUT2D eigenvalue weighted by Crippen LogP contribution is -2.41. The van der Waals surface area contributed by atoms with Gasteiger partial charge in [0.2, 0.25) is 0 Å². The molecule has 0 aromatic heterocycles. The Hall–Kier alpha value is -7.64. The van der Waals surface area contributed by atoms with E-state index in [-0.39, 0.29) is 5.41 Å². The highest BCUT2D eigenvalue weighted by Gasteiger charge is 2.33. The Labute approximate surface area is 354 Å². The zero-order valence-corrected chi connectivity index (χ0v) is 33.8. The number of fused-ring (bicyclic) bond motifs is 8. The van der Waals surface area contributed by atoms with Crippen molar-refractivity contribution in [3.8, 4) is 57.1 Å². The molecule has 3 aliphatic heterocycles. The summed E-state index contributed by atoms with van der Waals surface area (Å²) in [5.74, 6) is 5.33. The third kappa shape index (κ3) is 5.95. The molecule has 61 heavy (non-hydrogen) atoms. The van der Waals surface area contributed by atoms with Crippen LogP contribution in [-0.2, 0) is 5.41 Å². The molecule has 9 aromatic rings. The van der Waals surface area contributed by atoms with Crippen molar-refractivity contribution in [2.24, 2.45) is 0 Å². The first-order valence-corrected chi connectivity index (χ1v) is 20.6. The van der Waals surface area contributed by atoms with Crippen LogP contribution in [0.2, 0.25) is 0 Å². The van der Waals surface area contributed by atoms with Gasteiger partial charge in [0.1, 0.15) is 0 Å². The van der Waals surface area contributed by atoms with Crippen LogP contribution in [0.1, 0.15) is 26.3 Å². The maximum absolute atomic E-state index is 6.53. The number of ether oxygens (including phenoxy) is 4. The lowest BCUT2D eigenvalue weighted by molar-refractivity contribution is 0.359. The molecule has 1 N–H and O–H groups in total. The molecule has 0 unspecified atom stereocenters. The topological polar surface area (TPSA) is 52.2 Å². The molecule has 9 aromatic carbocycles. The van der Waals surface area contributed by atoms with Crippen molar-refractivity contribution >= 4 is 68.2 Å². The summed E-state index contributed by atoms with van der Waals surface area (Å²) >= 11 is 0. The van der Waals surface area contributed by atoms with Gasteiger partial charge in [0.05, 0.1) is 5.69 Å². The Morgan fingerprint density at radius 2 is 1.03 bits per heavy atom. The highest BCUT2D eigenvalue weighted by molar-refractivity contribution is 6.74. The van der Waals surface area contributed by atoms with Gasteiger partial charge < -0.3 is 29.2 Å². The second-order valence-corrected chi connectivity index (χ2v) is 16.9. The van der Waals surface area contributed by atoms with Crippen molar-refractivity contribution in [2.75, 3.05) is 10.2 Å². The third-order valence-corrected chi connectivity index (χ3v) is 11.9. The van der Waals surface area contributed by atoms with Gasteiger partial charge in [-0.2, -0.15) is 0 Å². The first kappa shape index (κ1) is 35.3. The molecule has 1 radical (unpaired) electrons. The summed E-state index contributed by atoms with van der Waals surface area (Å²) in [5, 5.41) is 8.45. The van der Waals surface area contributed by atoms with Gasteiger partial charge in [-0.05, 0) is 116 Å². The number of anilines is 5. The smallest absolute Gasteiger partial charge is 0.198 e. The molecule has 0 saturated heterocycles. The number of hydrogen-bond acceptors (Lipinski definition) is 6. The van der Waals surface area contributed by atoms with E-state index in [1.165, 1.54) is 5.56 Å². The molecule has 12 rings (SSSR count). The van der Waals surface area contributed by atoms with E-state index in [0.29, 0.717) is 46.0 Å². The van der Waals surface area contributed by atoms with Gasteiger partial charge in [0.25, 0.3) is 0 Å². The second-order valence-electron chi connectivity index (χ2n) is 16.9. The molecular formula is C54H38BN2O4. The van der Waals surface area contributed by atoms with E-state index in [1.54, 1.807) is 0 Å². The lowest BCUT2D eigenvalue weighted by Gasteiger charge is -2.37. The van der Waals surface area contributed by atoms with E-state index in [2.05, 4.69) is 154 Å². The minimum atomic E-state index is 0.0497. The maximum Gasteiger partial charge on any atom is 0.198 e. The Bertz CT molecular complexity index is 3260. The highest BCUT2D eigenvalue weighted by Crippen LogP contribution is 2.52. The fourth-order valence-corrected chi connectivity index (χ4v) is 8.84. The quantitative estimate of drug-likeness (QED) is 0.179. The van der Waals surface area contributed by atoms with Gasteiger partial charge in [-0.15, -0.1) is 0 Å². The van der Waals surface area contributed by atoms with Crippen LogP contribution in [0.5, 0.6) is 46.0 Å². The molecule has 7 heteroatoms. The molecule has 0 bridgehead atoms. The molecule has 0 atom stereocenters. The summed E-state index contributed by atoms with van der Waals surface area (Å²) in [6.07, 6.45) is 0. The molecule has 0 spiro atoms. The van der Waals surface area contributed by atoms with E-state index in [4.69, 9.17) is 18.9 Å². The van der Waals surface area contributed by atoms with Crippen LogP contribution in [0.3, 0.4) is 0 Å². The number of hydrogen-bond donors (Lipinski definition) is 1. The number of nitrogens with one attached hydrogen (secondary N) is 1. The van der Waals surface area contributed by atoms with Crippen LogP contribution in [-0.4, -0.2) is 7.28 Å². The van der Waals surface area contributed by atoms with Crippen LogP contribution in [0.4, 0.5) is 28.4 Å². The molecular weight excluding hydrogens is 751 g/mol. The molecule has 0 fully saturated rings. The summed E-state index contributed by atoms with van der Waals surface area (Å²) in [7, 11) is 2.30. The third-order valence-electron chi connectivity index (χ3n) is 11.9. The Kier molecular flexibility index (Phi) is 7.79. The monoisotopic (exact) mass is 789 g/mol. The van der Waals surface area contributed by atoms with E-state index in [9.17, 15) is 0 Å². The SMILES string of the molecule is CC(C)(C)c1ccc(Nc2cc3ccccc3cc2-c2c3c(cc4ccccc24)N(c2ccc4c(c2)Oc2ccccc2O4)c2cc4c(cc2[B]3)Oc2ccccc2O4)cc1. The molecule has 3 heterocycles. The van der Waals surface area contributed by atoms with Crippen LogP contribution in [0.15, 0.2) is 170 Å². The Balaban J connectivity index is 1.09. The standard InChI is InChI=1S/C54H38BN2O4/c1-54(2,3)35-20-22-36(23-21-35)56-41-27-33-13-5-4-12-32(33)26-39(41)52-38-15-7-6-14-34(38)28-43-53(52)55-40-30-50-51(61-47-19-11-10-18-46(47)60-50)31-42(40)57(43)37-24-25-48-49(29-37)59-45-17-9-8-16-44(45)58-48/h4-31,56H,1-3H3. The summed E-state index contributed by atoms with van der Waals surface area (Å²) in [5.41, 5.74) is 10.5. The lowest BCUT2D eigenvalue weighted by atomic mass is 9.57. The van der Waals surface area contributed by atoms with Gasteiger partial charge >= 0.3 is 0 Å². The molecule has 0 amide bonds. The Morgan fingerprint density at radius 1 is 0.475 bits per heavy atom. The van der Waals surface area contributed by atoms with Gasteiger partial charge in [-0.3, -0.25) is 0 Å². The van der Waals surface area contributed by atoms with Crippen molar-refractivity contribution in [2.45, 2.75) is 26.2 Å². The van der Waals surface area contributed by atoms with Gasteiger partial charge in [-0.1, -0.05) is 111 Å². The van der Waals surface area contributed by atoms with Crippen molar-refractivity contribution < 1.29 is 18.9 Å². The number of rotatable bonds is 4. The van der Waals surface area contributed by atoms with Crippen molar-refractivity contribution in [3.05, 3.63) is 175 Å². The fourth-order valence-electron chi connectivity index (χ4n) is 8.84. The first-order valence-electron chi connectivity index (χ1n) is 20.6. The number of nitrogens with zero attached hydrogens (tertiary/aromatic N) is 1. The van der Waals surface area contributed by atoms with Crippen LogP contribution in [0, 0.1) is 0 Å². The second kappa shape index (κ2) is 13.4. The molecule has 0 aliphatic carbocycles. The maximum atomic E-state index is 6.53. The normalized spacial score (nSPS) is 13.1. The zero-order valence-electron chi connectivity index (χ0n) is 33.8. The molecule has 291 valence electrons. The minimum Gasteiger partial charge on any atom is -0.450 e. The van der Waals surface area contributed by atoms with Crippen molar-refractivity contribution in [3.63, 3.8) is 0 Å². The number of benzene rings is 9. The summed E-state index contributed by atoms with van der Waals surface area (Å²) in [4.78, 5) is 2.31. The predicted octanol–water partition coefficient (Wildman–Crippen LogP) is 13.9. The highest BCUT2D eigenvalue weighted by atomic mass is 16.6. The number of para-hydroxylation sites is 4. The van der Waals surface area contributed by atoms with E-state index in [1.807, 2.05) is 54.6 Å². The van der Waals surface area contributed by atoms with Gasteiger partial charge in [-0.25, -0.2) is 0 Å². The average molecular weight is 790 g/mol. The molecule has 6 nitrogen and oxygen atoms in total. The van der Waals surface area contributed by atoms with E-state index >= 15 is 0 Å². The van der Waals surface area contributed by atoms with Gasteiger partial charge in [0.15, 0.2) is 53.3 Å². The summed E-state index contributed by atoms with van der Waals surface area (Å²) in [6.45, 7) is 6.74. The molecule has 3 aliphatic rings. The van der Waals surface area contributed by atoms with Crippen molar-refractivity contribution in [1.29, 1.82) is 0 Å². The fraction of sp³-hybridized carbons (Fsp3) is 0.0741. The average Bonchev–Trinajstić information content (AvgIpc) is 3.27. The molecule has 0 saturated carbocycles. The van der Waals surface area contributed by atoms with E-state index < -0.39 is 0 Å². The first-order chi connectivity index (χ1) is 29.8. The van der Waals surface area contributed by atoms with Crippen LogP contribution in [0.25, 0.3) is 32.7 Å². The summed E-state index contributed by atoms with van der Waals surface area (Å²) < 4.78 is 25.9.